The van der Waals surface area contributed by atoms with Crippen LogP contribution in [0.15, 0.2) is 42.5 Å². The van der Waals surface area contributed by atoms with Crippen LogP contribution in [0.4, 0.5) is 10.1 Å². The minimum absolute atomic E-state index is 0.0674. The number of aromatic nitrogens is 4. The fraction of sp³-hybridized carbons (Fsp3) is 0.364. The molecule has 162 valence electrons. The van der Waals surface area contributed by atoms with Crippen LogP contribution < -0.4 is 5.32 Å². The number of anilines is 1. The Morgan fingerprint density at radius 1 is 1.16 bits per heavy atom. The molecule has 1 aromatic heterocycles. The van der Waals surface area contributed by atoms with Gasteiger partial charge in [0.15, 0.2) is 5.82 Å². The third kappa shape index (κ3) is 4.95. The number of halogens is 1. The highest BCUT2D eigenvalue weighted by Crippen LogP contribution is 2.20. The topological polar surface area (TPSA) is 85.2 Å². The first-order valence-electron chi connectivity index (χ1n) is 10.2. The van der Waals surface area contributed by atoms with Gasteiger partial charge in [0.05, 0.1) is 23.6 Å². The zero-order valence-corrected chi connectivity index (χ0v) is 17.7. The minimum atomic E-state index is -0.532. The van der Waals surface area contributed by atoms with Gasteiger partial charge in [0.25, 0.3) is 5.91 Å². The summed E-state index contributed by atoms with van der Waals surface area (Å²) in [6.07, 6.45) is 0.410. The monoisotopic (exact) mass is 424 g/mol. The van der Waals surface area contributed by atoms with E-state index in [4.69, 9.17) is 4.74 Å². The van der Waals surface area contributed by atoms with E-state index in [9.17, 15) is 9.18 Å². The van der Waals surface area contributed by atoms with Crippen LogP contribution in [0.2, 0.25) is 0 Å². The van der Waals surface area contributed by atoms with Crippen LogP contribution in [0, 0.1) is 12.7 Å². The molecule has 0 bridgehead atoms. The summed E-state index contributed by atoms with van der Waals surface area (Å²) in [4.78, 5) is 15.0. The Balaban J connectivity index is 1.44. The first-order valence-corrected chi connectivity index (χ1v) is 10.2. The van der Waals surface area contributed by atoms with E-state index in [-0.39, 0.29) is 23.8 Å². The van der Waals surface area contributed by atoms with Crippen LogP contribution in [0.3, 0.4) is 0 Å². The van der Waals surface area contributed by atoms with E-state index >= 15 is 0 Å². The molecule has 2 atom stereocenters. The summed E-state index contributed by atoms with van der Waals surface area (Å²) < 4.78 is 21.5. The number of ether oxygens (including phenoxy) is 1. The molecule has 31 heavy (non-hydrogen) atoms. The smallest absolute Gasteiger partial charge is 0.255 e. The van der Waals surface area contributed by atoms with Gasteiger partial charge in [-0.1, -0.05) is 12.1 Å². The van der Waals surface area contributed by atoms with Crippen LogP contribution in [0.25, 0.3) is 5.69 Å². The molecular formula is C22H25FN6O2. The molecule has 9 heteroatoms. The molecule has 0 spiro atoms. The molecule has 8 nitrogen and oxygen atoms in total. The van der Waals surface area contributed by atoms with E-state index in [1.807, 2.05) is 12.1 Å². The second kappa shape index (κ2) is 8.91. The number of hydrogen-bond donors (Lipinski definition) is 1. The molecule has 0 aliphatic carbocycles. The van der Waals surface area contributed by atoms with Crippen molar-refractivity contribution in [1.29, 1.82) is 0 Å². The van der Waals surface area contributed by atoms with Crippen molar-refractivity contribution in [3.05, 3.63) is 65.2 Å². The number of amides is 1. The number of tetrazole rings is 1. The van der Waals surface area contributed by atoms with Gasteiger partial charge in [-0.3, -0.25) is 9.69 Å². The van der Waals surface area contributed by atoms with Crippen LogP contribution in [-0.2, 0) is 11.3 Å². The summed E-state index contributed by atoms with van der Waals surface area (Å²) in [7, 11) is 0. The van der Waals surface area contributed by atoms with Gasteiger partial charge in [-0.05, 0) is 67.1 Å². The second-order valence-electron chi connectivity index (χ2n) is 7.90. The number of nitrogens with one attached hydrogen (secondary N) is 1. The number of hydrogen-bond acceptors (Lipinski definition) is 6. The maximum atomic E-state index is 14.3. The van der Waals surface area contributed by atoms with Gasteiger partial charge < -0.3 is 10.1 Å². The lowest BCUT2D eigenvalue weighted by atomic mass is 10.1. The van der Waals surface area contributed by atoms with Crippen molar-refractivity contribution in [2.75, 3.05) is 18.4 Å². The highest BCUT2D eigenvalue weighted by Gasteiger charge is 2.22. The van der Waals surface area contributed by atoms with Gasteiger partial charge in [-0.25, -0.2) is 4.39 Å². The molecule has 1 amide bonds. The molecule has 1 aliphatic heterocycles. The third-order valence-corrected chi connectivity index (χ3v) is 5.19. The number of rotatable bonds is 5. The van der Waals surface area contributed by atoms with E-state index in [0.29, 0.717) is 17.1 Å². The Labute approximate surface area is 180 Å². The predicted molar refractivity (Wildman–Crippen MR) is 114 cm³/mol. The Morgan fingerprint density at radius 3 is 2.52 bits per heavy atom. The molecule has 0 radical (unpaired) electrons. The van der Waals surface area contributed by atoms with Crippen LogP contribution >= 0.6 is 0 Å². The molecule has 1 N–H and O–H groups in total. The number of carbonyl (C=O) groups excluding carboxylic acids is 1. The zero-order valence-electron chi connectivity index (χ0n) is 17.7. The normalized spacial score (nSPS) is 19.4. The number of aryl methyl sites for hydroxylation is 1. The fourth-order valence-corrected chi connectivity index (χ4v) is 3.84. The van der Waals surface area contributed by atoms with Crippen LogP contribution in [0.5, 0.6) is 0 Å². The van der Waals surface area contributed by atoms with Gasteiger partial charge in [0.1, 0.15) is 5.82 Å². The molecule has 2 unspecified atom stereocenters. The Morgan fingerprint density at radius 2 is 1.87 bits per heavy atom. The maximum absolute atomic E-state index is 14.3. The average Bonchev–Trinajstić information content (AvgIpc) is 3.15. The summed E-state index contributed by atoms with van der Waals surface area (Å²) in [5.41, 5.74) is 2.19. The Kier molecular flexibility index (Phi) is 6.06. The first kappa shape index (κ1) is 21.1. The van der Waals surface area contributed by atoms with Gasteiger partial charge in [-0.15, -0.1) is 5.10 Å². The quantitative estimate of drug-likeness (QED) is 0.678. The molecule has 2 heterocycles. The van der Waals surface area contributed by atoms with Gasteiger partial charge in [0.2, 0.25) is 0 Å². The minimum Gasteiger partial charge on any atom is -0.373 e. The number of morpholine rings is 1. The first-order chi connectivity index (χ1) is 14.9. The molecule has 2 aromatic carbocycles. The maximum Gasteiger partial charge on any atom is 0.255 e. The summed E-state index contributed by atoms with van der Waals surface area (Å²) in [6.45, 7) is 8.44. The summed E-state index contributed by atoms with van der Waals surface area (Å²) in [6, 6.07) is 11.7. The third-order valence-electron chi connectivity index (χ3n) is 5.19. The summed E-state index contributed by atoms with van der Waals surface area (Å²) in [5.74, 6) is -0.358. The number of carbonyl (C=O) groups is 1. The average molecular weight is 424 g/mol. The predicted octanol–water partition coefficient (Wildman–Crippen LogP) is 2.97. The standard InChI is InChI=1S/C22H25FN6O2/c1-14-11-28(12-15(2)31-14)13-17-4-6-18(7-5-17)22(30)24-21-10-19(8-9-20(21)23)29-16(3)25-26-27-29/h4-10,14-15H,11-13H2,1-3H3,(H,24,30). The van der Waals surface area contributed by atoms with Gasteiger partial charge in [-0.2, -0.15) is 4.68 Å². The van der Waals surface area contributed by atoms with Gasteiger partial charge in [0, 0.05) is 25.2 Å². The van der Waals surface area contributed by atoms with Gasteiger partial charge >= 0.3 is 0 Å². The Bertz CT molecular complexity index is 1060. The second-order valence-corrected chi connectivity index (χ2v) is 7.90. The zero-order chi connectivity index (χ0) is 22.0. The van der Waals surface area contributed by atoms with Crippen molar-refractivity contribution >= 4 is 11.6 Å². The molecule has 1 saturated heterocycles. The SMILES string of the molecule is Cc1nnnn1-c1ccc(F)c(NC(=O)c2ccc(CN3CC(C)OC(C)C3)cc2)c1. The summed E-state index contributed by atoms with van der Waals surface area (Å²) >= 11 is 0. The lowest BCUT2D eigenvalue weighted by Crippen LogP contribution is -2.44. The van der Waals surface area contributed by atoms with E-state index < -0.39 is 5.82 Å². The molecular weight excluding hydrogens is 399 g/mol. The van der Waals surface area contributed by atoms with E-state index in [2.05, 4.69) is 39.6 Å². The molecule has 0 saturated carbocycles. The van der Waals surface area contributed by atoms with Crippen molar-refractivity contribution in [3.63, 3.8) is 0 Å². The van der Waals surface area contributed by atoms with E-state index in [1.165, 1.54) is 16.8 Å². The summed E-state index contributed by atoms with van der Waals surface area (Å²) in [5, 5.41) is 13.9. The molecule has 4 rings (SSSR count). The lowest BCUT2D eigenvalue weighted by Gasteiger charge is -2.35. The van der Waals surface area contributed by atoms with Crippen molar-refractivity contribution in [2.24, 2.45) is 0 Å². The van der Waals surface area contributed by atoms with Crippen molar-refractivity contribution in [3.8, 4) is 5.69 Å². The molecule has 1 fully saturated rings. The van der Waals surface area contributed by atoms with Crippen molar-refractivity contribution in [2.45, 2.75) is 39.5 Å². The fourth-order valence-electron chi connectivity index (χ4n) is 3.84. The van der Waals surface area contributed by atoms with Crippen molar-refractivity contribution < 1.29 is 13.9 Å². The Hall–Kier alpha value is -3.17. The number of benzene rings is 2. The number of nitrogens with zero attached hydrogens (tertiary/aromatic N) is 5. The molecule has 1 aliphatic rings. The molecule has 3 aromatic rings. The highest BCUT2D eigenvalue weighted by atomic mass is 19.1. The van der Waals surface area contributed by atoms with Crippen LogP contribution in [-0.4, -0.2) is 56.3 Å². The highest BCUT2D eigenvalue weighted by molar-refractivity contribution is 6.04. The van der Waals surface area contributed by atoms with E-state index in [1.54, 1.807) is 25.1 Å². The largest absolute Gasteiger partial charge is 0.373 e. The van der Waals surface area contributed by atoms with Crippen LogP contribution in [0.1, 0.15) is 35.6 Å². The lowest BCUT2D eigenvalue weighted by molar-refractivity contribution is -0.0704. The van der Waals surface area contributed by atoms with E-state index in [0.717, 1.165) is 25.2 Å². The van der Waals surface area contributed by atoms with Crippen molar-refractivity contribution in [1.82, 2.24) is 25.1 Å².